The van der Waals surface area contributed by atoms with E-state index < -0.39 is 0 Å². The first kappa shape index (κ1) is 38.3. The number of fused-ring (bicyclic) bond motifs is 6. The van der Waals surface area contributed by atoms with Crippen LogP contribution in [0.1, 0.15) is 5.56 Å². The van der Waals surface area contributed by atoms with Gasteiger partial charge < -0.3 is 9.13 Å². The van der Waals surface area contributed by atoms with Crippen molar-refractivity contribution < 1.29 is 0 Å². The predicted octanol–water partition coefficient (Wildman–Crippen LogP) is 15.4. The van der Waals surface area contributed by atoms with Crippen LogP contribution in [-0.4, -0.2) is 19.1 Å². The molecule has 0 radical (unpaired) electrons. The molecule has 66 heavy (non-hydrogen) atoms. The van der Waals surface area contributed by atoms with E-state index in [1.54, 1.807) is 12.1 Å². The summed E-state index contributed by atoms with van der Waals surface area (Å²) in [6, 6.07) is 77.7. The highest BCUT2D eigenvalue weighted by molar-refractivity contribution is 6.13. The van der Waals surface area contributed by atoms with Crippen molar-refractivity contribution in [1.29, 1.82) is 5.26 Å². The lowest BCUT2D eigenvalue weighted by molar-refractivity contribution is 1.15. The Bertz CT molecular complexity index is 3850. The molecular formula is C60H36N6. The second-order valence-corrected chi connectivity index (χ2v) is 16.3. The molecule has 0 amide bonds. The fourth-order valence-electron chi connectivity index (χ4n) is 9.69. The van der Waals surface area contributed by atoms with Crippen molar-refractivity contribution in [2.75, 3.05) is 0 Å². The summed E-state index contributed by atoms with van der Waals surface area (Å²) in [5.74, 6) is 0.610. The van der Waals surface area contributed by atoms with E-state index in [-0.39, 0.29) is 0 Å². The van der Waals surface area contributed by atoms with Gasteiger partial charge in [-0.15, -0.1) is 0 Å². The first-order valence-corrected chi connectivity index (χ1v) is 21.8. The van der Waals surface area contributed by atoms with Gasteiger partial charge in [0.15, 0.2) is 11.5 Å². The molecule has 6 nitrogen and oxygen atoms in total. The van der Waals surface area contributed by atoms with Gasteiger partial charge in [-0.05, 0) is 65.7 Å². The number of benzene rings is 9. The summed E-state index contributed by atoms with van der Waals surface area (Å²) in [7, 11) is 0. The molecule has 0 aliphatic heterocycles. The molecule has 0 fully saturated rings. The monoisotopic (exact) mass is 840 g/mol. The molecule has 0 aliphatic carbocycles. The number of hydrogen-bond acceptors (Lipinski definition) is 3. The van der Waals surface area contributed by atoms with Gasteiger partial charge in [-0.1, -0.05) is 164 Å². The first-order chi connectivity index (χ1) is 32.7. The highest BCUT2D eigenvalue weighted by Crippen LogP contribution is 2.45. The average molecular weight is 841 g/mol. The van der Waals surface area contributed by atoms with Gasteiger partial charge in [-0.3, -0.25) is 0 Å². The van der Waals surface area contributed by atoms with Crippen LogP contribution in [0.15, 0.2) is 218 Å². The first-order valence-electron chi connectivity index (χ1n) is 21.8. The van der Waals surface area contributed by atoms with E-state index in [1.807, 2.05) is 42.5 Å². The van der Waals surface area contributed by atoms with Crippen molar-refractivity contribution >= 4 is 49.3 Å². The maximum absolute atomic E-state index is 10.2. The number of para-hydroxylation sites is 4. The van der Waals surface area contributed by atoms with Crippen LogP contribution in [0.5, 0.6) is 0 Å². The number of hydrogen-bond donors (Lipinski definition) is 0. The molecule has 3 aromatic heterocycles. The van der Waals surface area contributed by atoms with Crippen LogP contribution in [0, 0.1) is 17.9 Å². The highest BCUT2D eigenvalue weighted by Gasteiger charge is 2.25. The van der Waals surface area contributed by atoms with Crippen molar-refractivity contribution in [3.05, 3.63) is 235 Å². The summed E-state index contributed by atoms with van der Waals surface area (Å²) < 4.78 is 4.75. The lowest BCUT2D eigenvalue weighted by atomic mass is 9.94. The van der Waals surface area contributed by atoms with Crippen LogP contribution in [0.3, 0.4) is 0 Å². The molecule has 306 valence electrons. The molecule has 0 unspecified atom stereocenters. The Hall–Kier alpha value is -9.36. The van der Waals surface area contributed by atoms with E-state index in [2.05, 4.69) is 184 Å². The SMILES string of the molecule is [C-]#[N+]c1ccc(-c2ccc3c(c2)c2ccccc2n3-c2cccc(-c3nc(-c4ccccc4)cc(-c4ccccc4)n3)c2-c2ccccc2-n2c3ccccc3c3ccccc32)c(C#N)c1. The molecule has 0 aliphatic rings. The lowest BCUT2D eigenvalue weighted by Gasteiger charge is -2.21. The minimum Gasteiger partial charge on any atom is -0.309 e. The van der Waals surface area contributed by atoms with Crippen molar-refractivity contribution in [2.24, 2.45) is 0 Å². The van der Waals surface area contributed by atoms with Gasteiger partial charge in [-0.2, -0.15) is 5.26 Å². The fourth-order valence-corrected chi connectivity index (χ4v) is 9.69. The summed E-state index contributed by atoms with van der Waals surface area (Å²) in [4.78, 5) is 14.4. The van der Waals surface area contributed by atoms with Crippen molar-refractivity contribution in [1.82, 2.24) is 19.1 Å². The zero-order valence-electron chi connectivity index (χ0n) is 35.5. The van der Waals surface area contributed by atoms with Crippen molar-refractivity contribution in [3.63, 3.8) is 0 Å². The number of nitriles is 1. The topological polar surface area (TPSA) is 63.8 Å². The van der Waals surface area contributed by atoms with Gasteiger partial charge in [-0.25, -0.2) is 14.8 Å². The Morgan fingerprint density at radius 3 is 1.55 bits per heavy atom. The molecule has 0 saturated carbocycles. The summed E-state index contributed by atoms with van der Waals surface area (Å²) in [6.07, 6.45) is 0. The average Bonchev–Trinajstić information content (AvgIpc) is 3.91. The van der Waals surface area contributed by atoms with Gasteiger partial charge in [0, 0.05) is 54.9 Å². The number of rotatable bonds is 7. The molecule has 0 atom stereocenters. The maximum Gasteiger partial charge on any atom is 0.188 e. The normalized spacial score (nSPS) is 11.3. The summed E-state index contributed by atoms with van der Waals surface area (Å²) in [6.45, 7) is 7.55. The Kier molecular flexibility index (Phi) is 9.16. The molecule has 9 aromatic carbocycles. The maximum atomic E-state index is 10.2. The van der Waals surface area contributed by atoms with Crippen molar-refractivity contribution in [2.45, 2.75) is 0 Å². The van der Waals surface area contributed by atoms with Crippen LogP contribution in [0.2, 0.25) is 0 Å². The Labute approximate surface area is 381 Å². The third kappa shape index (κ3) is 6.25. The Balaban J connectivity index is 1.19. The van der Waals surface area contributed by atoms with E-state index in [0.29, 0.717) is 17.1 Å². The largest absolute Gasteiger partial charge is 0.309 e. The number of nitrogens with zero attached hydrogens (tertiary/aromatic N) is 6. The minimum absolute atomic E-state index is 0.441. The number of aromatic nitrogens is 4. The zero-order valence-corrected chi connectivity index (χ0v) is 35.5. The van der Waals surface area contributed by atoms with Crippen LogP contribution >= 0.6 is 0 Å². The quantitative estimate of drug-likeness (QED) is 0.150. The van der Waals surface area contributed by atoms with Gasteiger partial charge in [0.05, 0.1) is 57.5 Å². The molecule has 6 heteroatoms. The molecule has 0 saturated heterocycles. The van der Waals surface area contributed by atoms with Gasteiger partial charge >= 0.3 is 0 Å². The molecular weight excluding hydrogens is 805 g/mol. The van der Waals surface area contributed by atoms with E-state index in [4.69, 9.17) is 16.5 Å². The third-order valence-corrected chi connectivity index (χ3v) is 12.6. The molecule has 3 heterocycles. The highest BCUT2D eigenvalue weighted by atomic mass is 15.0. The zero-order chi connectivity index (χ0) is 44.1. The van der Waals surface area contributed by atoms with Crippen LogP contribution in [-0.2, 0) is 0 Å². The van der Waals surface area contributed by atoms with E-state index >= 15 is 0 Å². The van der Waals surface area contributed by atoms with E-state index in [1.165, 1.54) is 10.8 Å². The molecule has 0 N–H and O–H groups in total. The smallest absolute Gasteiger partial charge is 0.188 e. The summed E-state index contributed by atoms with van der Waals surface area (Å²) in [5.41, 5.74) is 15.4. The molecule has 12 rings (SSSR count). The fraction of sp³-hybridized carbons (Fsp3) is 0. The van der Waals surface area contributed by atoms with E-state index in [9.17, 15) is 5.26 Å². The standard InChI is InChI=1S/C60H36N6/c1-62-43-32-33-44(42(35-43)38-61)41-31-34-57-50(36-41)47-23-10-14-28-55(47)66(57)58-30-16-25-49(60-63-51(39-17-4-2-5-18-39)37-52(64-60)40-19-6-3-7-20-40)59(58)48-24-11-15-29-56(48)65-53-26-12-8-21-45(53)46-22-9-13-27-54(46)65/h2-37H. The van der Waals surface area contributed by atoms with Crippen LogP contribution < -0.4 is 0 Å². The predicted molar refractivity (Wildman–Crippen MR) is 269 cm³/mol. The van der Waals surface area contributed by atoms with Crippen LogP contribution in [0.4, 0.5) is 5.69 Å². The summed E-state index contributed by atoms with van der Waals surface area (Å²) in [5, 5.41) is 14.7. The molecule has 12 aromatic rings. The van der Waals surface area contributed by atoms with Gasteiger partial charge in [0.2, 0.25) is 0 Å². The molecule has 0 bridgehead atoms. The Morgan fingerprint density at radius 2 is 0.924 bits per heavy atom. The molecule has 0 spiro atoms. The minimum atomic E-state index is 0.441. The van der Waals surface area contributed by atoms with Crippen molar-refractivity contribution in [3.8, 4) is 73.6 Å². The van der Waals surface area contributed by atoms with Gasteiger partial charge in [0.1, 0.15) is 0 Å². The third-order valence-electron chi connectivity index (χ3n) is 12.6. The van der Waals surface area contributed by atoms with Gasteiger partial charge in [0.25, 0.3) is 0 Å². The van der Waals surface area contributed by atoms with E-state index in [0.717, 1.165) is 94.5 Å². The second kappa shape index (κ2) is 15.8. The summed E-state index contributed by atoms with van der Waals surface area (Å²) >= 11 is 0. The Morgan fingerprint density at radius 1 is 0.409 bits per heavy atom. The lowest BCUT2D eigenvalue weighted by Crippen LogP contribution is -2.04. The second-order valence-electron chi connectivity index (χ2n) is 16.3. The van der Waals surface area contributed by atoms with Crippen LogP contribution in [0.25, 0.3) is 116 Å².